The molecule has 0 amide bonds. The van der Waals surface area contributed by atoms with E-state index in [0.29, 0.717) is 34.6 Å². The van der Waals surface area contributed by atoms with Crippen LogP contribution in [0, 0.1) is 0 Å². The maximum atomic E-state index is 10.9. The van der Waals surface area contributed by atoms with Crippen molar-refractivity contribution < 1.29 is 19.1 Å². The minimum atomic E-state index is 0.128. The molecular formula is C10H10BrNO4. The van der Waals surface area contributed by atoms with E-state index < -0.39 is 0 Å². The summed E-state index contributed by atoms with van der Waals surface area (Å²) in [4.78, 5) is 15.4. The normalized spacial score (nSPS) is 12.9. The third-order valence-electron chi connectivity index (χ3n) is 2.31. The Labute approximate surface area is 101 Å². The van der Waals surface area contributed by atoms with Crippen LogP contribution in [-0.2, 0) is 11.3 Å². The number of fused-ring (bicyclic) bond motifs is 1. The lowest BCUT2D eigenvalue weighted by atomic mass is 10.1. The van der Waals surface area contributed by atoms with Crippen LogP contribution in [0.5, 0.6) is 11.5 Å². The van der Waals surface area contributed by atoms with Crippen molar-refractivity contribution in [1.29, 1.82) is 0 Å². The Balaban J connectivity index is 2.44. The first-order valence-electron chi connectivity index (χ1n) is 4.65. The van der Waals surface area contributed by atoms with Gasteiger partial charge < -0.3 is 14.3 Å². The van der Waals surface area contributed by atoms with Crippen LogP contribution >= 0.6 is 15.9 Å². The molecule has 5 nitrogen and oxygen atoms in total. The summed E-state index contributed by atoms with van der Waals surface area (Å²) in [7, 11) is 0. The SMILES string of the molecule is NOCCc1cc(Br)c(C=O)c2c1OCO2. The van der Waals surface area contributed by atoms with Crippen LogP contribution in [0.4, 0.5) is 0 Å². The predicted molar refractivity (Wildman–Crippen MR) is 59.5 cm³/mol. The highest BCUT2D eigenvalue weighted by molar-refractivity contribution is 9.10. The van der Waals surface area contributed by atoms with Gasteiger partial charge in [0, 0.05) is 16.5 Å². The Bertz CT molecular complexity index is 422. The highest BCUT2D eigenvalue weighted by Crippen LogP contribution is 2.42. The lowest BCUT2D eigenvalue weighted by Gasteiger charge is -2.08. The van der Waals surface area contributed by atoms with Crippen molar-refractivity contribution >= 4 is 22.2 Å². The Morgan fingerprint density at radius 2 is 2.25 bits per heavy atom. The molecule has 0 spiro atoms. The molecule has 1 aliphatic heterocycles. The van der Waals surface area contributed by atoms with E-state index in [1.165, 1.54) is 0 Å². The number of halogens is 1. The smallest absolute Gasteiger partial charge is 0.231 e. The molecule has 1 aliphatic rings. The van der Waals surface area contributed by atoms with Gasteiger partial charge in [0.25, 0.3) is 0 Å². The molecule has 0 fully saturated rings. The van der Waals surface area contributed by atoms with Crippen LogP contribution in [-0.4, -0.2) is 19.7 Å². The topological polar surface area (TPSA) is 70.8 Å². The molecular weight excluding hydrogens is 278 g/mol. The molecule has 0 atom stereocenters. The highest BCUT2D eigenvalue weighted by Gasteiger charge is 2.23. The summed E-state index contributed by atoms with van der Waals surface area (Å²) in [6.45, 7) is 0.506. The van der Waals surface area contributed by atoms with Crippen molar-refractivity contribution in [3.05, 3.63) is 21.7 Å². The summed E-state index contributed by atoms with van der Waals surface area (Å²) in [6.07, 6.45) is 1.33. The summed E-state index contributed by atoms with van der Waals surface area (Å²) < 4.78 is 11.3. The van der Waals surface area contributed by atoms with Crippen LogP contribution in [0.15, 0.2) is 10.5 Å². The van der Waals surface area contributed by atoms with Crippen molar-refractivity contribution in [2.75, 3.05) is 13.4 Å². The fourth-order valence-electron chi connectivity index (χ4n) is 1.59. The molecule has 1 aromatic rings. The maximum absolute atomic E-state index is 10.9. The van der Waals surface area contributed by atoms with Crippen molar-refractivity contribution in [3.8, 4) is 11.5 Å². The summed E-state index contributed by atoms with van der Waals surface area (Å²) in [6, 6.07) is 1.82. The van der Waals surface area contributed by atoms with Gasteiger partial charge in [0.15, 0.2) is 17.8 Å². The van der Waals surface area contributed by atoms with E-state index in [2.05, 4.69) is 20.8 Å². The first kappa shape index (κ1) is 11.4. The van der Waals surface area contributed by atoms with Crippen molar-refractivity contribution in [2.45, 2.75) is 6.42 Å². The van der Waals surface area contributed by atoms with Gasteiger partial charge in [0.1, 0.15) is 0 Å². The number of hydrogen-bond acceptors (Lipinski definition) is 5. The lowest BCUT2D eigenvalue weighted by molar-refractivity contribution is 0.111. The molecule has 1 aromatic carbocycles. The number of nitrogens with two attached hydrogens (primary N) is 1. The fourth-order valence-corrected chi connectivity index (χ4v) is 2.14. The van der Waals surface area contributed by atoms with Crippen LogP contribution in [0.2, 0.25) is 0 Å². The molecule has 6 heteroatoms. The van der Waals surface area contributed by atoms with Gasteiger partial charge in [-0.2, -0.15) is 0 Å². The monoisotopic (exact) mass is 287 g/mol. The molecule has 86 valence electrons. The standard InChI is InChI=1S/C10H10BrNO4/c11-8-3-6(1-2-16-12)9-10(7(8)4-13)15-5-14-9/h3-4H,1-2,5,12H2. The van der Waals surface area contributed by atoms with E-state index in [-0.39, 0.29) is 6.79 Å². The van der Waals surface area contributed by atoms with E-state index in [9.17, 15) is 4.79 Å². The highest BCUT2D eigenvalue weighted by atomic mass is 79.9. The molecule has 1 heterocycles. The van der Waals surface area contributed by atoms with Gasteiger partial charge >= 0.3 is 0 Å². The molecule has 0 aliphatic carbocycles. The average Bonchev–Trinajstić information content (AvgIpc) is 2.75. The summed E-state index contributed by atoms with van der Waals surface area (Å²) in [5.41, 5.74) is 1.36. The number of rotatable bonds is 4. The first-order chi connectivity index (χ1) is 7.77. The van der Waals surface area contributed by atoms with Gasteiger partial charge in [-0.15, -0.1) is 0 Å². The molecule has 16 heavy (non-hydrogen) atoms. The van der Waals surface area contributed by atoms with Crippen LogP contribution < -0.4 is 15.4 Å². The number of aldehydes is 1. The van der Waals surface area contributed by atoms with Crippen molar-refractivity contribution in [3.63, 3.8) is 0 Å². The minimum Gasteiger partial charge on any atom is -0.453 e. The average molecular weight is 288 g/mol. The zero-order valence-corrected chi connectivity index (χ0v) is 9.95. The Hall–Kier alpha value is -1.11. The number of benzene rings is 1. The number of carbonyl (C=O) groups is 1. The first-order valence-corrected chi connectivity index (χ1v) is 5.45. The third-order valence-corrected chi connectivity index (χ3v) is 2.97. The van der Waals surface area contributed by atoms with Gasteiger partial charge in [-0.25, -0.2) is 5.90 Å². The quantitative estimate of drug-likeness (QED) is 0.670. The van der Waals surface area contributed by atoms with Gasteiger partial charge in [-0.1, -0.05) is 0 Å². The predicted octanol–water partition coefficient (Wildman–Crippen LogP) is 1.42. The molecule has 0 radical (unpaired) electrons. The third kappa shape index (κ3) is 1.91. The van der Waals surface area contributed by atoms with Gasteiger partial charge in [0.2, 0.25) is 6.79 Å². The van der Waals surface area contributed by atoms with E-state index in [1.807, 2.05) is 6.07 Å². The van der Waals surface area contributed by atoms with Gasteiger partial charge in [-0.05, 0) is 22.0 Å². The van der Waals surface area contributed by atoms with Crippen molar-refractivity contribution in [2.24, 2.45) is 5.90 Å². The van der Waals surface area contributed by atoms with E-state index in [1.54, 1.807) is 0 Å². The zero-order valence-electron chi connectivity index (χ0n) is 8.36. The van der Waals surface area contributed by atoms with Gasteiger partial charge in [0.05, 0.1) is 12.2 Å². The zero-order chi connectivity index (χ0) is 11.5. The summed E-state index contributed by atoms with van der Waals surface area (Å²) >= 11 is 3.31. The summed E-state index contributed by atoms with van der Waals surface area (Å²) in [5.74, 6) is 6.06. The van der Waals surface area contributed by atoms with Crippen molar-refractivity contribution in [1.82, 2.24) is 0 Å². The van der Waals surface area contributed by atoms with Crippen LogP contribution in [0.1, 0.15) is 15.9 Å². The van der Waals surface area contributed by atoms with Gasteiger partial charge in [-0.3, -0.25) is 4.79 Å². The Morgan fingerprint density at radius 1 is 1.50 bits per heavy atom. The van der Waals surface area contributed by atoms with E-state index in [0.717, 1.165) is 11.8 Å². The van der Waals surface area contributed by atoms with E-state index in [4.69, 9.17) is 15.4 Å². The number of hydrogen-bond donors (Lipinski definition) is 1. The molecule has 0 saturated heterocycles. The second-order valence-corrected chi connectivity index (χ2v) is 4.09. The fraction of sp³-hybridized carbons (Fsp3) is 0.300. The van der Waals surface area contributed by atoms with Crippen LogP contribution in [0.3, 0.4) is 0 Å². The lowest BCUT2D eigenvalue weighted by Crippen LogP contribution is -2.04. The summed E-state index contributed by atoms with van der Waals surface area (Å²) in [5, 5.41) is 0. The molecule has 0 unspecified atom stereocenters. The Morgan fingerprint density at radius 3 is 2.94 bits per heavy atom. The molecule has 2 N–H and O–H groups in total. The minimum absolute atomic E-state index is 0.128. The van der Waals surface area contributed by atoms with E-state index >= 15 is 0 Å². The largest absolute Gasteiger partial charge is 0.453 e. The molecule has 0 aromatic heterocycles. The number of ether oxygens (including phenoxy) is 2. The number of carbonyl (C=O) groups excluding carboxylic acids is 1. The molecule has 0 saturated carbocycles. The molecule has 0 bridgehead atoms. The Kier molecular flexibility index (Phi) is 3.42. The second kappa shape index (κ2) is 4.82. The van der Waals surface area contributed by atoms with Crippen LogP contribution in [0.25, 0.3) is 0 Å². The maximum Gasteiger partial charge on any atom is 0.231 e. The molecule has 2 rings (SSSR count). The second-order valence-electron chi connectivity index (χ2n) is 3.23.